The number of rotatable bonds is 6. The van der Waals surface area contributed by atoms with Crippen LogP contribution in [0.15, 0.2) is 57.4 Å². The molecule has 180 valence electrons. The minimum absolute atomic E-state index is 0.137. The molecule has 4 aromatic rings. The maximum absolute atomic E-state index is 12.8. The van der Waals surface area contributed by atoms with Gasteiger partial charge in [0.05, 0.1) is 26.9 Å². The molecule has 3 aromatic carbocycles. The lowest BCUT2D eigenvalue weighted by molar-refractivity contribution is 0.0974. The molecule has 0 aliphatic heterocycles. The predicted octanol–water partition coefficient (Wildman–Crippen LogP) is 5.72. The molecule has 4 rings (SSSR count). The van der Waals surface area contributed by atoms with Crippen molar-refractivity contribution in [2.45, 2.75) is 6.92 Å². The number of aryl methyl sites for hydroxylation is 1. The predicted molar refractivity (Wildman–Crippen MR) is 142 cm³/mol. The van der Waals surface area contributed by atoms with Crippen molar-refractivity contribution in [1.29, 1.82) is 0 Å². The minimum Gasteiger partial charge on any atom is -0.496 e. The Morgan fingerprint density at radius 3 is 2.49 bits per heavy atom. The summed E-state index contributed by atoms with van der Waals surface area (Å²) in [6.45, 7) is 1.86. The molecule has 35 heavy (non-hydrogen) atoms. The second kappa shape index (κ2) is 10.3. The molecule has 1 heterocycles. The molecule has 0 spiro atoms. The third-order valence-corrected chi connectivity index (χ3v) is 5.85. The fraction of sp³-hybridized carbons (Fsp3) is 0.160. The highest BCUT2D eigenvalue weighted by atomic mass is 79.9. The number of hydrogen-bond acceptors (Lipinski definition) is 7. The van der Waals surface area contributed by atoms with E-state index < -0.39 is 0 Å². The smallest absolute Gasteiger partial charge is 0.261 e. The second-order valence-corrected chi connectivity index (χ2v) is 8.81. The van der Waals surface area contributed by atoms with E-state index in [1.165, 1.54) is 7.11 Å². The van der Waals surface area contributed by atoms with Gasteiger partial charge in [-0.2, -0.15) is 0 Å². The average Bonchev–Trinajstić information content (AvgIpc) is 3.26. The first-order valence-corrected chi connectivity index (χ1v) is 11.6. The molecule has 0 aliphatic rings. The molecule has 0 aliphatic carbocycles. The molecule has 0 saturated heterocycles. The number of thiocarbonyl (C=S) groups is 1. The Balaban J connectivity index is 1.52. The van der Waals surface area contributed by atoms with E-state index in [1.54, 1.807) is 50.6 Å². The van der Waals surface area contributed by atoms with Gasteiger partial charge in [-0.05, 0) is 73.2 Å². The molecule has 1 aromatic heterocycles. The van der Waals surface area contributed by atoms with Gasteiger partial charge in [-0.15, -0.1) is 0 Å². The van der Waals surface area contributed by atoms with Crippen LogP contribution in [0.1, 0.15) is 15.9 Å². The van der Waals surface area contributed by atoms with Crippen LogP contribution in [-0.2, 0) is 0 Å². The summed E-state index contributed by atoms with van der Waals surface area (Å²) in [6.07, 6.45) is 0. The Kier molecular flexibility index (Phi) is 7.23. The number of hydrogen-bond donors (Lipinski definition) is 2. The summed E-state index contributed by atoms with van der Waals surface area (Å²) in [4.78, 5) is 17.4. The van der Waals surface area contributed by atoms with Crippen LogP contribution in [0, 0.1) is 6.92 Å². The van der Waals surface area contributed by atoms with Crippen molar-refractivity contribution in [2.75, 3.05) is 26.6 Å². The SMILES string of the molecule is COc1ccc(-c2nc3cc(NC(=S)NC(=O)c4cc(Br)cc(C)c4OC)ccc3o2)cc1OC. The number of fused-ring (bicyclic) bond motifs is 1. The summed E-state index contributed by atoms with van der Waals surface area (Å²) in [5.41, 5.74) is 3.81. The second-order valence-electron chi connectivity index (χ2n) is 7.48. The molecule has 1 amide bonds. The number of nitrogens with zero attached hydrogens (tertiary/aromatic N) is 1. The van der Waals surface area contributed by atoms with Crippen molar-refractivity contribution in [2.24, 2.45) is 0 Å². The number of amides is 1. The topological polar surface area (TPSA) is 94.9 Å². The highest BCUT2D eigenvalue weighted by Gasteiger charge is 2.17. The molecule has 0 fully saturated rings. The number of benzene rings is 3. The number of anilines is 1. The highest BCUT2D eigenvalue weighted by molar-refractivity contribution is 9.10. The van der Waals surface area contributed by atoms with Crippen LogP contribution >= 0.6 is 28.1 Å². The number of ether oxygens (including phenoxy) is 3. The van der Waals surface area contributed by atoms with Crippen molar-refractivity contribution >= 4 is 56.0 Å². The van der Waals surface area contributed by atoms with E-state index >= 15 is 0 Å². The minimum atomic E-state index is -0.387. The van der Waals surface area contributed by atoms with Crippen LogP contribution in [-0.4, -0.2) is 37.3 Å². The molecule has 0 saturated carbocycles. The normalized spacial score (nSPS) is 10.7. The molecule has 8 nitrogen and oxygen atoms in total. The Morgan fingerprint density at radius 2 is 1.77 bits per heavy atom. The largest absolute Gasteiger partial charge is 0.496 e. The first-order valence-electron chi connectivity index (χ1n) is 10.4. The van der Waals surface area contributed by atoms with Gasteiger partial charge in [0.15, 0.2) is 22.2 Å². The summed E-state index contributed by atoms with van der Waals surface area (Å²) >= 11 is 8.76. The van der Waals surface area contributed by atoms with Crippen LogP contribution < -0.4 is 24.8 Å². The zero-order chi connectivity index (χ0) is 25.1. The molecular weight excluding hydrogens is 534 g/mol. The maximum atomic E-state index is 12.8. The van der Waals surface area contributed by atoms with Gasteiger partial charge < -0.3 is 23.9 Å². The molecule has 10 heteroatoms. The van der Waals surface area contributed by atoms with Crippen molar-refractivity contribution in [3.05, 3.63) is 64.1 Å². The lowest BCUT2D eigenvalue weighted by Gasteiger charge is -2.13. The first-order chi connectivity index (χ1) is 16.8. The van der Waals surface area contributed by atoms with E-state index in [4.69, 9.17) is 30.8 Å². The van der Waals surface area contributed by atoms with Gasteiger partial charge in [0, 0.05) is 15.7 Å². The quantitative estimate of drug-likeness (QED) is 0.292. The van der Waals surface area contributed by atoms with Crippen LogP contribution in [0.2, 0.25) is 0 Å². The summed E-state index contributed by atoms with van der Waals surface area (Å²) in [7, 11) is 4.67. The number of aromatic nitrogens is 1. The summed E-state index contributed by atoms with van der Waals surface area (Å²) in [5, 5.41) is 5.84. The fourth-order valence-electron chi connectivity index (χ4n) is 3.60. The van der Waals surface area contributed by atoms with E-state index in [1.807, 2.05) is 19.1 Å². The number of carbonyl (C=O) groups is 1. The Labute approximate surface area is 215 Å². The van der Waals surface area contributed by atoms with Crippen LogP contribution in [0.5, 0.6) is 17.2 Å². The van der Waals surface area contributed by atoms with Gasteiger partial charge in [0.1, 0.15) is 11.3 Å². The summed E-state index contributed by atoms with van der Waals surface area (Å²) < 4.78 is 22.7. The highest BCUT2D eigenvalue weighted by Crippen LogP contribution is 2.33. The Hall–Kier alpha value is -3.63. The van der Waals surface area contributed by atoms with E-state index in [2.05, 4.69) is 31.5 Å². The number of nitrogens with one attached hydrogen (secondary N) is 2. The molecule has 2 N–H and O–H groups in total. The van der Waals surface area contributed by atoms with Gasteiger partial charge in [-0.25, -0.2) is 4.98 Å². The monoisotopic (exact) mass is 555 g/mol. The number of carbonyl (C=O) groups excluding carboxylic acids is 1. The molecular formula is C25H22BrN3O5S. The molecule has 0 unspecified atom stereocenters. The number of oxazole rings is 1. The molecule has 0 atom stereocenters. The Bertz CT molecular complexity index is 1440. The van der Waals surface area contributed by atoms with Gasteiger partial charge in [-0.3, -0.25) is 10.1 Å². The van der Waals surface area contributed by atoms with E-state index in [-0.39, 0.29) is 11.0 Å². The third-order valence-electron chi connectivity index (χ3n) is 5.19. The number of methoxy groups -OCH3 is 3. The van der Waals surface area contributed by atoms with E-state index in [0.717, 1.165) is 15.6 Å². The van der Waals surface area contributed by atoms with Gasteiger partial charge in [-0.1, -0.05) is 15.9 Å². The van der Waals surface area contributed by atoms with E-state index in [9.17, 15) is 4.79 Å². The maximum Gasteiger partial charge on any atom is 0.261 e. The van der Waals surface area contributed by atoms with Crippen molar-refractivity contribution < 1.29 is 23.4 Å². The van der Waals surface area contributed by atoms with Gasteiger partial charge >= 0.3 is 0 Å². The summed E-state index contributed by atoms with van der Waals surface area (Å²) in [5.74, 6) is 1.73. The lowest BCUT2D eigenvalue weighted by atomic mass is 10.1. The Morgan fingerprint density at radius 1 is 1.00 bits per heavy atom. The van der Waals surface area contributed by atoms with Crippen LogP contribution in [0.4, 0.5) is 5.69 Å². The number of halogens is 1. The first kappa shape index (κ1) is 24.5. The van der Waals surface area contributed by atoms with E-state index in [0.29, 0.717) is 45.5 Å². The standard InChI is InChI=1S/C25H22BrN3O5S/c1-13-9-15(26)11-17(22(13)33-4)23(30)29-25(35)27-16-6-8-19-18(12-16)28-24(34-19)14-5-7-20(31-2)21(10-14)32-3/h5-12H,1-4H3,(H2,27,29,30,35). The van der Waals surface area contributed by atoms with Gasteiger partial charge in [0.25, 0.3) is 5.91 Å². The van der Waals surface area contributed by atoms with Crippen molar-refractivity contribution in [1.82, 2.24) is 10.3 Å². The van der Waals surface area contributed by atoms with Crippen molar-refractivity contribution in [3.63, 3.8) is 0 Å². The zero-order valence-corrected chi connectivity index (χ0v) is 21.8. The zero-order valence-electron chi connectivity index (χ0n) is 19.4. The fourth-order valence-corrected chi connectivity index (χ4v) is 4.38. The lowest BCUT2D eigenvalue weighted by Crippen LogP contribution is -2.34. The molecule has 0 radical (unpaired) electrons. The van der Waals surface area contributed by atoms with Crippen LogP contribution in [0.3, 0.4) is 0 Å². The average molecular weight is 556 g/mol. The van der Waals surface area contributed by atoms with Crippen molar-refractivity contribution in [3.8, 4) is 28.7 Å². The summed E-state index contributed by atoms with van der Waals surface area (Å²) in [6, 6.07) is 14.3. The van der Waals surface area contributed by atoms with Gasteiger partial charge in [0.2, 0.25) is 5.89 Å². The third kappa shape index (κ3) is 5.23. The van der Waals surface area contributed by atoms with Crippen LogP contribution in [0.25, 0.3) is 22.6 Å². The molecule has 0 bridgehead atoms.